The topological polar surface area (TPSA) is 77.8 Å². The molecule has 102 valence electrons. The largest absolute Gasteiger partial charge is 0.397 e. The molecule has 0 saturated carbocycles. The molecule has 3 heterocycles. The molecule has 0 aromatic carbocycles. The van der Waals surface area contributed by atoms with Gasteiger partial charge in [0.15, 0.2) is 0 Å². The number of hydrogen-bond acceptors (Lipinski definition) is 6. The van der Waals surface area contributed by atoms with Crippen molar-refractivity contribution in [2.45, 2.75) is 20.8 Å². The molecular formula is C14H14N4OS. The number of nitrogens with two attached hydrogens (primary N) is 1. The van der Waals surface area contributed by atoms with Crippen molar-refractivity contribution in [1.29, 1.82) is 0 Å². The third-order valence-electron chi connectivity index (χ3n) is 3.07. The van der Waals surface area contributed by atoms with Crippen LogP contribution in [0.5, 0.6) is 0 Å². The van der Waals surface area contributed by atoms with Gasteiger partial charge in [-0.3, -0.25) is 4.98 Å². The average Bonchev–Trinajstić information content (AvgIpc) is 2.98. The van der Waals surface area contributed by atoms with Crippen molar-refractivity contribution in [2.24, 2.45) is 0 Å². The summed E-state index contributed by atoms with van der Waals surface area (Å²) in [5.74, 6) is 0.931. The second-order valence-corrected chi connectivity index (χ2v) is 5.64. The zero-order valence-corrected chi connectivity index (χ0v) is 12.3. The molecule has 3 rings (SSSR count). The summed E-state index contributed by atoms with van der Waals surface area (Å²) in [5.41, 5.74) is 10.6. The van der Waals surface area contributed by atoms with Crippen LogP contribution in [-0.2, 0) is 0 Å². The van der Waals surface area contributed by atoms with Crippen LogP contribution < -0.4 is 5.73 Å². The first kappa shape index (κ1) is 12.8. The van der Waals surface area contributed by atoms with E-state index in [0.29, 0.717) is 17.4 Å². The fourth-order valence-corrected chi connectivity index (χ4v) is 2.87. The molecule has 5 nitrogen and oxygen atoms in total. The van der Waals surface area contributed by atoms with Gasteiger partial charge >= 0.3 is 0 Å². The fourth-order valence-electron chi connectivity index (χ4n) is 1.98. The van der Waals surface area contributed by atoms with Gasteiger partial charge in [-0.25, -0.2) is 0 Å². The molecule has 0 radical (unpaired) electrons. The summed E-state index contributed by atoms with van der Waals surface area (Å²) < 4.78 is 5.31. The second kappa shape index (κ2) is 4.72. The summed E-state index contributed by atoms with van der Waals surface area (Å²) in [6.45, 7) is 5.94. The molecule has 0 amide bonds. The molecule has 3 aromatic heterocycles. The molecule has 20 heavy (non-hydrogen) atoms. The van der Waals surface area contributed by atoms with Gasteiger partial charge in [0.2, 0.25) is 5.82 Å². The second-order valence-electron chi connectivity index (χ2n) is 4.76. The van der Waals surface area contributed by atoms with E-state index in [1.165, 1.54) is 11.3 Å². The number of thiophene rings is 1. The standard InChI is InChI=1S/C14H14N4OS/c1-7-4-8(2)11(16-5-7)13-17-14(19-18-13)12-10(15)9(3)6-20-12/h4-6H,15H2,1-3H3. The summed E-state index contributed by atoms with van der Waals surface area (Å²) >= 11 is 1.50. The van der Waals surface area contributed by atoms with Crippen LogP contribution in [-0.4, -0.2) is 15.1 Å². The Morgan fingerprint density at radius 1 is 1.20 bits per heavy atom. The van der Waals surface area contributed by atoms with Gasteiger partial charge < -0.3 is 10.3 Å². The van der Waals surface area contributed by atoms with E-state index >= 15 is 0 Å². The molecule has 0 bridgehead atoms. The van der Waals surface area contributed by atoms with Crippen molar-refractivity contribution in [3.05, 3.63) is 34.3 Å². The Kier molecular flexibility index (Phi) is 3.02. The highest BCUT2D eigenvalue weighted by Crippen LogP contribution is 2.34. The number of nitrogen functional groups attached to an aromatic ring is 1. The first-order valence-electron chi connectivity index (χ1n) is 6.17. The maximum atomic E-state index is 6.00. The van der Waals surface area contributed by atoms with Gasteiger partial charge in [-0.15, -0.1) is 11.3 Å². The number of rotatable bonds is 2. The van der Waals surface area contributed by atoms with Crippen LogP contribution in [0, 0.1) is 20.8 Å². The number of aromatic nitrogens is 3. The summed E-state index contributed by atoms with van der Waals surface area (Å²) in [5, 5.41) is 5.98. The predicted molar refractivity (Wildman–Crippen MR) is 79.5 cm³/mol. The van der Waals surface area contributed by atoms with Crippen LogP contribution in [0.1, 0.15) is 16.7 Å². The van der Waals surface area contributed by atoms with Gasteiger partial charge in [0.1, 0.15) is 10.6 Å². The maximum absolute atomic E-state index is 6.00. The van der Waals surface area contributed by atoms with Gasteiger partial charge in [-0.1, -0.05) is 11.2 Å². The lowest BCUT2D eigenvalue weighted by Gasteiger charge is -2.00. The smallest absolute Gasteiger partial charge is 0.270 e. The summed E-state index contributed by atoms with van der Waals surface area (Å²) in [6, 6.07) is 2.04. The molecule has 6 heteroatoms. The van der Waals surface area contributed by atoms with Gasteiger partial charge in [-0.2, -0.15) is 4.98 Å². The van der Waals surface area contributed by atoms with Crippen LogP contribution >= 0.6 is 11.3 Å². The zero-order valence-electron chi connectivity index (χ0n) is 11.5. The number of anilines is 1. The Morgan fingerprint density at radius 3 is 2.65 bits per heavy atom. The van der Waals surface area contributed by atoms with Crippen molar-refractivity contribution < 1.29 is 4.52 Å². The molecule has 0 aliphatic rings. The van der Waals surface area contributed by atoms with Gasteiger partial charge in [0, 0.05) is 6.20 Å². The normalized spacial score (nSPS) is 10.9. The number of nitrogens with zero attached hydrogens (tertiary/aromatic N) is 3. The van der Waals surface area contributed by atoms with E-state index in [-0.39, 0.29) is 0 Å². The Hall–Kier alpha value is -2.21. The molecule has 0 saturated heterocycles. The third-order valence-corrected chi connectivity index (χ3v) is 4.17. The summed E-state index contributed by atoms with van der Waals surface area (Å²) in [7, 11) is 0. The minimum atomic E-state index is 0.442. The number of hydrogen-bond donors (Lipinski definition) is 1. The summed E-state index contributed by atoms with van der Waals surface area (Å²) in [6.07, 6.45) is 1.79. The lowest BCUT2D eigenvalue weighted by Crippen LogP contribution is -1.91. The van der Waals surface area contributed by atoms with Crippen molar-refractivity contribution in [3.8, 4) is 22.3 Å². The quantitative estimate of drug-likeness (QED) is 0.781. The minimum Gasteiger partial charge on any atom is -0.397 e. The predicted octanol–water partition coefficient (Wildman–Crippen LogP) is 3.37. The van der Waals surface area contributed by atoms with Crippen LogP contribution in [0.2, 0.25) is 0 Å². The molecule has 3 aromatic rings. The minimum absolute atomic E-state index is 0.442. The fraction of sp³-hybridized carbons (Fsp3) is 0.214. The maximum Gasteiger partial charge on any atom is 0.270 e. The number of aryl methyl sites for hydroxylation is 3. The first-order chi connectivity index (χ1) is 9.56. The highest BCUT2D eigenvalue weighted by atomic mass is 32.1. The Labute approximate surface area is 120 Å². The lowest BCUT2D eigenvalue weighted by molar-refractivity contribution is 0.433. The van der Waals surface area contributed by atoms with Crippen LogP contribution in [0.25, 0.3) is 22.3 Å². The Morgan fingerprint density at radius 2 is 2.00 bits per heavy atom. The van der Waals surface area contributed by atoms with Crippen LogP contribution in [0.15, 0.2) is 22.2 Å². The van der Waals surface area contributed by atoms with Crippen LogP contribution in [0.3, 0.4) is 0 Å². The number of pyridine rings is 1. The lowest BCUT2D eigenvalue weighted by atomic mass is 10.1. The van der Waals surface area contributed by atoms with E-state index in [9.17, 15) is 0 Å². The third kappa shape index (κ3) is 2.08. The molecule has 0 fully saturated rings. The highest BCUT2D eigenvalue weighted by molar-refractivity contribution is 7.14. The van der Waals surface area contributed by atoms with Gasteiger partial charge in [-0.05, 0) is 42.8 Å². The van der Waals surface area contributed by atoms with Crippen molar-refractivity contribution >= 4 is 17.0 Å². The van der Waals surface area contributed by atoms with E-state index in [1.54, 1.807) is 6.20 Å². The Balaban J connectivity index is 2.04. The Bertz CT molecular complexity index is 775. The summed E-state index contributed by atoms with van der Waals surface area (Å²) in [4.78, 5) is 9.59. The molecular weight excluding hydrogens is 272 g/mol. The SMILES string of the molecule is Cc1cnc(-c2noc(-c3scc(C)c3N)n2)c(C)c1. The average molecular weight is 286 g/mol. The molecule has 0 unspecified atom stereocenters. The van der Waals surface area contributed by atoms with E-state index in [0.717, 1.165) is 27.3 Å². The van der Waals surface area contributed by atoms with Crippen molar-refractivity contribution in [2.75, 3.05) is 5.73 Å². The van der Waals surface area contributed by atoms with E-state index in [1.807, 2.05) is 32.2 Å². The van der Waals surface area contributed by atoms with Crippen molar-refractivity contribution in [1.82, 2.24) is 15.1 Å². The van der Waals surface area contributed by atoms with E-state index in [2.05, 4.69) is 15.1 Å². The highest BCUT2D eigenvalue weighted by Gasteiger charge is 2.17. The zero-order chi connectivity index (χ0) is 14.3. The molecule has 2 N–H and O–H groups in total. The van der Waals surface area contributed by atoms with Crippen LogP contribution in [0.4, 0.5) is 5.69 Å². The monoisotopic (exact) mass is 286 g/mol. The van der Waals surface area contributed by atoms with Gasteiger partial charge in [0.05, 0.1) is 5.69 Å². The van der Waals surface area contributed by atoms with E-state index < -0.39 is 0 Å². The molecule has 0 spiro atoms. The first-order valence-corrected chi connectivity index (χ1v) is 7.05. The van der Waals surface area contributed by atoms with Gasteiger partial charge in [0.25, 0.3) is 5.89 Å². The molecule has 0 atom stereocenters. The molecule has 0 aliphatic heterocycles. The van der Waals surface area contributed by atoms with Crippen molar-refractivity contribution in [3.63, 3.8) is 0 Å². The van der Waals surface area contributed by atoms with E-state index in [4.69, 9.17) is 10.3 Å². The molecule has 0 aliphatic carbocycles.